The van der Waals surface area contributed by atoms with Crippen LogP contribution in [0.5, 0.6) is 0 Å². The van der Waals surface area contributed by atoms with Crippen LogP contribution in [0.15, 0.2) is 55.9 Å². The fourth-order valence-corrected chi connectivity index (χ4v) is 1.87. The number of furan rings is 1. The predicted octanol–water partition coefficient (Wildman–Crippen LogP) is 1.06. The third-order valence-corrected chi connectivity index (χ3v) is 3.44. The number of nitrogens with one attached hydrogen (secondary N) is 1. The summed E-state index contributed by atoms with van der Waals surface area (Å²) >= 11 is 0. The van der Waals surface area contributed by atoms with Gasteiger partial charge in [-0.05, 0) is 25.1 Å². The zero-order valence-corrected chi connectivity index (χ0v) is 14.1. The van der Waals surface area contributed by atoms with Crippen molar-refractivity contribution in [2.75, 3.05) is 0 Å². The van der Waals surface area contributed by atoms with E-state index in [2.05, 4.69) is 10.2 Å². The minimum atomic E-state index is -4.02. The maximum absolute atomic E-state index is 10.5. The van der Waals surface area contributed by atoms with Crippen molar-refractivity contribution in [3.63, 3.8) is 0 Å². The number of nitrogens with zero attached hydrogens (tertiary/aromatic N) is 3. The Kier molecular flexibility index (Phi) is 7.39. The topological polar surface area (TPSA) is 194 Å². The number of nitro groups is 1. The van der Waals surface area contributed by atoms with Gasteiger partial charge in [-0.2, -0.15) is 13.5 Å². The monoisotopic (exact) mass is 385 g/mol. The average molecular weight is 385 g/mol. The molecule has 13 heteroatoms. The lowest BCUT2D eigenvalue weighted by molar-refractivity contribution is -0.402. The molecule has 0 atom stereocenters. The number of hydroxylamine groups is 1. The molecule has 26 heavy (non-hydrogen) atoms. The summed E-state index contributed by atoms with van der Waals surface area (Å²) in [5.74, 6) is -0.558. The first-order chi connectivity index (χ1) is 12.1. The van der Waals surface area contributed by atoms with Gasteiger partial charge in [0.2, 0.25) is 5.96 Å². The van der Waals surface area contributed by atoms with Crippen LogP contribution < -0.4 is 11.2 Å². The lowest BCUT2D eigenvalue weighted by Gasteiger charge is -1.95. The van der Waals surface area contributed by atoms with Crippen LogP contribution in [0.2, 0.25) is 0 Å². The molecule has 0 fully saturated rings. The first-order valence-electron chi connectivity index (χ1n) is 6.68. The SMILES string of the molecule is Cc1ccc(S(=O)(=O)O)cc1.N/C(=N\N=C\c1ccc([N+](=O)[O-])o1)NO. The van der Waals surface area contributed by atoms with Gasteiger partial charge in [-0.15, -0.1) is 5.10 Å². The molecule has 0 saturated carbocycles. The average Bonchev–Trinajstić information content (AvgIpc) is 3.04. The highest BCUT2D eigenvalue weighted by molar-refractivity contribution is 7.85. The van der Waals surface area contributed by atoms with Crippen molar-refractivity contribution < 1.29 is 27.5 Å². The first-order valence-corrected chi connectivity index (χ1v) is 8.12. The molecule has 5 N–H and O–H groups in total. The van der Waals surface area contributed by atoms with E-state index in [1.165, 1.54) is 24.3 Å². The van der Waals surface area contributed by atoms with E-state index < -0.39 is 20.9 Å². The van der Waals surface area contributed by atoms with Crippen LogP contribution >= 0.6 is 0 Å². The summed E-state index contributed by atoms with van der Waals surface area (Å²) in [6.45, 7) is 1.84. The molecule has 0 bridgehead atoms. The number of nitrogens with two attached hydrogens (primary N) is 1. The minimum absolute atomic E-state index is 0.0666. The molecule has 12 nitrogen and oxygen atoms in total. The van der Waals surface area contributed by atoms with E-state index in [1.54, 1.807) is 17.6 Å². The Morgan fingerprint density at radius 2 is 1.92 bits per heavy atom. The van der Waals surface area contributed by atoms with E-state index in [0.29, 0.717) is 0 Å². The lowest BCUT2D eigenvalue weighted by Crippen LogP contribution is -2.27. The van der Waals surface area contributed by atoms with E-state index in [4.69, 9.17) is 19.9 Å². The molecule has 0 aliphatic carbocycles. The number of rotatable bonds is 4. The molecule has 0 spiro atoms. The van der Waals surface area contributed by atoms with Crippen molar-refractivity contribution in [1.29, 1.82) is 0 Å². The molecule has 0 saturated heterocycles. The van der Waals surface area contributed by atoms with Crippen LogP contribution in [-0.2, 0) is 10.1 Å². The third-order valence-electron chi connectivity index (χ3n) is 2.58. The van der Waals surface area contributed by atoms with Crippen molar-refractivity contribution in [1.82, 2.24) is 5.48 Å². The summed E-state index contributed by atoms with van der Waals surface area (Å²) in [4.78, 5) is 9.48. The van der Waals surface area contributed by atoms with E-state index >= 15 is 0 Å². The van der Waals surface area contributed by atoms with Gasteiger partial charge in [-0.3, -0.25) is 19.9 Å². The van der Waals surface area contributed by atoms with Gasteiger partial charge in [0.1, 0.15) is 4.92 Å². The number of hydrogen-bond acceptors (Lipinski definition) is 8. The molecule has 0 unspecified atom stereocenters. The molecular formula is C13H15N5O7S. The molecule has 1 aromatic carbocycles. The van der Waals surface area contributed by atoms with Crippen LogP contribution in [0, 0.1) is 17.0 Å². The Morgan fingerprint density at radius 1 is 1.31 bits per heavy atom. The van der Waals surface area contributed by atoms with Crippen molar-refractivity contribution in [3.05, 3.63) is 57.8 Å². The predicted molar refractivity (Wildman–Crippen MR) is 90.5 cm³/mol. The standard InChI is InChI=1S/C7H8O3S.C6H7N5O4/c1-6-2-4-7(5-3-6)11(8,9)10;7-6(10-12)9-8-3-4-1-2-5(15-4)11(13)14/h2-5H,1H3,(H,8,9,10);1-3,12H,(H3,7,9,10)/b;8-3+. The zero-order chi connectivity index (χ0) is 19.7. The second-order valence-electron chi connectivity index (χ2n) is 4.56. The van der Waals surface area contributed by atoms with Crippen molar-refractivity contribution in [2.24, 2.45) is 15.9 Å². The third kappa shape index (κ3) is 7.08. The summed E-state index contributed by atoms with van der Waals surface area (Å²) in [6, 6.07) is 8.51. The Morgan fingerprint density at radius 3 is 2.38 bits per heavy atom. The van der Waals surface area contributed by atoms with Gasteiger partial charge in [0.15, 0.2) is 5.76 Å². The van der Waals surface area contributed by atoms with Crippen molar-refractivity contribution in [3.8, 4) is 0 Å². The molecule has 1 aromatic heterocycles. The number of guanidine groups is 1. The van der Waals surface area contributed by atoms with Crippen LogP contribution in [0.1, 0.15) is 11.3 Å². The fourth-order valence-electron chi connectivity index (χ4n) is 1.39. The molecule has 0 amide bonds. The lowest BCUT2D eigenvalue weighted by atomic mass is 10.2. The number of aryl methyl sites for hydroxylation is 1. The van der Waals surface area contributed by atoms with Gasteiger partial charge < -0.3 is 10.2 Å². The minimum Gasteiger partial charge on any atom is -0.400 e. The summed E-state index contributed by atoms with van der Waals surface area (Å²) in [5, 5.41) is 25.1. The second kappa shape index (κ2) is 9.26. The second-order valence-corrected chi connectivity index (χ2v) is 5.98. The van der Waals surface area contributed by atoms with E-state index in [0.717, 1.165) is 11.8 Å². The molecule has 0 aliphatic heterocycles. The Hall–Kier alpha value is -3.29. The summed E-state index contributed by atoms with van der Waals surface area (Å²) in [6.07, 6.45) is 1.11. The Balaban J connectivity index is 0.000000273. The normalized spacial score (nSPS) is 11.7. The van der Waals surface area contributed by atoms with Crippen LogP contribution in [0.3, 0.4) is 0 Å². The molecule has 0 radical (unpaired) electrons. The highest BCUT2D eigenvalue weighted by Crippen LogP contribution is 2.13. The molecule has 0 aliphatic rings. The molecule has 1 heterocycles. The fraction of sp³-hybridized carbons (Fsp3) is 0.0769. The maximum atomic E-state index is 10.5. The van der Waals surface area contributed by atoms with E-state index in [-0.39, 0.29) is 16.6 Å². The highest BCUT2D eigenvalue weighted by Gasteiger charge is 2.10. The smallest absolute Gasteiger partial charge is 0.400 e. The van der Waals surface area contributed by atoms with Gasteiger partial charge >= 0.3 is 5.88 Å². The first kappa shape index (κ1) is 20.8. The maximum Gasteiger partial charge on any atom is 0.433 e. The summed E-state index contributed by atoms with van der Waals surface area (Å²) in [5.41, 5.74) is 7.53. The molecule has 2 rings (SSSR count). The molecular weight excluding hydrogens is 370 g/mol. The van der Waals surface area contributed by atoms with Crippen LogP contribution in [0.25, 0.3) is 0 Å². The van der Waals surface area contributed by atoms with Gasteiger partial charge in [-0.1, -0.05) is 17.7 Å². The van der Waals surface area contributed by atoms with Crippen molar-refractivity contribution in [2.45, 2.75) is 11.8 Å². The van der Waals surface area contributed by atoms with Gasteiger partial charge in [-0.25, -0.2) is 5.48 Å². The Bertz CT molecular complexity index is 903. The molecule has 2 aromatic rings. The van der Waals surface area contributed by atoms with E-state index in [1.807, 2.05) is 6.92 Å². The highest BCUT2D eigenvalue weighted by atomic mass is 32.2. The molecule has 140 valence electrons. The zero-order valence-electron chi connectivity index (χ0n) is 13.3. The van der Waals surface area contributed by atoms with Gasteiger partial charge in [0, 0.05) is 0 Å². The summed E-state index contributed by atoms with van der Waals surface area (Å²) < 4.78 is 34.3. The Labute approximate surface area is 147 Å². The van der Waals surface area contributed by atoms with Crippen LogP contribution in [-0.4, -0.2) is 35.3 Å². The quantitative estimate of drug-likeness (QED) is 0.196. The number of benzene rings is 1. The van der Waals surface area contributed by atoms with Gasteiger partial charge in [0.25, 0.3) is 10.1 Å². The van der Waals surface area contributed by atoms with Crippen molar-refractivity contribution >= 4 is 28.2 Å². The summed E-state index contributed by atoms with van der Waals surface area (Å²) in [7, 11) is -4.02. The van der Waals surface area contributed by atoms with Crippen LogP contribution in [0.4, 0.5) is 5.88 Å². The largest absolute Gasteiger partial charge is 0.433 e. The van der Waals surface area contributed by atoms with E-state index in [9.17, 15) is 18.5 Å². The van der Waals surface area contributed by atoms with Gasteiger partial charge in [0.05, 0.1) is 17.2 Å². The number of hydrogen-bond donors (Lipinski definition) is 4.